The van der Waals surface area contributed by atoms with E-state index >= 15 is 0 Å². The number of carbonyl (C=O) groups is 4. The van der Waals surface area contributed by atoms with Crippen LogP contribution in [-0.2, 0) is 14.4 Å². The molecule has 8 heteroatoms. The Morgan fingerprint density at radius 3 is 2.33 bits per heavy atom. The first-order valence-corrected chi connectivity index (χ1v) is 9.68. The standard InChI is InChI=1S/C22H21N3O5/c1-14(2)24-21(28)20(27)23(22(24)29)12-19(26)25-16-10-6-7-11-18(16)30-13-17(25)15-8-4-3-5-9-15/h3-11,14,17H,12-13H2,1-2H3/t17-/m0/s1. The molecule has 154 valence electrons. The fourth-order valence-corrected chi connectivity index (χ4v) is 3.75. The zero-order valence-corrected chi connectivity index (χ0v) is 16.6. The van der Waals surface area contributed by atoms with Crippen LogP contribution in [0.15, 0.2) is 54.6 Å². The van der Waals surface area contributed by atoms with E-state index in [2.05, 4.69) is 0 Å². The van der Waals surface area contributed by atoms with Gasteiger partial charge in [0.15, 0.2) is 0 Å². The fourth-order valence-electron chi connectivity index (χ4n) is 3.75. The van der Waals surface area contributed by atoms with E-state index in [1.807, 2.05) is 30.3 Å². The van der Waals surface area contributed by atoms with Gasteiger partial charge in [-0.25, -0.2) is 9.69 Å². The number of benzene rings is 2. The Kier molecular flexibility index (Phi) is 4.99. The molecule has 30 heavy (non-hydrogen) atoms. The van der Waals surface area contributed by atoms with Crippen molar-refractivity contribution in [1.29, 1.82) is 0 Å². The maximum absolute atomic E-state index is 13.4. The molecule has 0 aliphatic carbocycles. The Morgan fingerprint density at radius 1 is 1.00 bits per heavy atom. The largest absolute Gasteiger partial charge is 0.489 e. The summed E-state index contributed by atoms with van der Waals surface area (Å²) in [6.07, 6.45) is 0. The summed E-state index contributed by atoms with van der Waals surface area (Å²) < 4.78 is 5.84. The number of imide groups is 2. The summed E-state index contributed by atoms with van der Waals surface area (Å²) in [4.78, 5) is 53.6. The number of rotatable bonds is 4. The average molecular weight is 407 g/mol. The highest BCUT2D eigenvalue weighted by molar-refractivity contribution is 6.45. The Bertz CT molecular complexity index is 1020. The number of amides is 5. The van der Waals surface area contributed by atoms with Gasteiger partial charge in [-0.3, -0.25) is 24.2 Å². The minimum atomic E-state index is -0.986. The highest BCUT2D eigenvalue weighted by Crippen LogP contribution is 2.39. The molecule has 2 aliphatic heterocycles. The highest BCUT2D eigenvalue weighted by atomic mass is 16.5. The second kappa shape index (κ2) is 7.62. The van der Waals surface area contributed by atoms with Crippen molar-refractivity contribution in [1.82, 2.24) is 9.80 Å². The Labute approximate surface area is 173 Å². The van der Waals surface area contributed by atoms with Gasteiger partial charge in [0.05, 0.1) is 11.7 Å². The molecule has 4 rings (SSSR count). The van der Waals surface area contributed by atoms with Gasteiger partial charge in [-0.15, -0.1) is 0 Å². The van der Waals surface area contributed by atoms with Crippen molar-refractivity contribution in [3.63, 3.8) is 0 Å². The number of anilines is 1. The lowest BCUT2D eigenvalue weighted by molar-refractivity contribution is -0.144. The third-order valence-corrected chi connectivity index (χ3v) is 5.18. The van der Waals surface area contributed by atoms with E-state index in [0.717, 1.165) is 10.5 Å². The quantitative estimate of drug-likeness (QED) is 0.574. The molecule has 0 saturated carbocycles. The third kappa shape index (κ3) is 3.20. The van der Waals surface area contributed by atoms with Gasteiger partial charge in [-0.2, -0.15) is 0 Å². The van der Waals surface area contributed by atoms with E-state index in [1.54, 1.807) is 38.1 Å². The molecule has 2 aromatic rings. The van der Waals surface area contributed by atoms with Gasteiger partial charge in [0.2, 0.25) is 5.91 Å². The molecule has 2 aliphatic rings. The monoisotopic (exact) mass is 407 g/mol. The first-order valence-electron chi connectivity index (χ1n) is 9.68. The average Bonchev–Trinajstić information content (AvgIpc) is 2.96. The number of hydrogen-bond donors (Lipinski definition) is 0. The molecule has 8 nitrogen and oxygen atoms in total. The molecule has 0 N–H and O–H groups in total. The smallest absolute Gasteiger partial charge is 0.334 e. The maximum Gasteiger partial charge on any atom is 0.334 e. The van der Waals surface area contributed by atoms with Crippen molar-refractivity contribution in [2.75, 3.05) is 18.1 Å². The fraction of sp³-hybridized carbons (Fsp3) is 0.273. The lowest BCUT2D eigenvalue weighted by Crippen LogP contribution is -2.48. The molecular weight excluding hydrogens is 386 g/mol. The van der Waals surface area contributed by atoms with Gasteiger partial charge in [-0.1, -0.05) is 42.5 Å². The Balaban J connectivity index is 1.67. The van der Waals surface area contributed by atoms with Gasteiger partial charge < -0.3 is 4.74 Å². The number of carbonyl (C=O) groups excluding carboxylic acids is 4. The molecule has 1 saturated heterocycles. The summed E-state index contributed by atoms with van der Waals surface area (Å²) in [5.41, 5.74) is 1.41. The topological polar surface area (TPSA) is 87.2 Å². The Hall–Kier alpha value is -3.68. The number of hydrogen-bond acceptors (Lipinski definition) is 5. The molecule has 0 spiro atoms. The number of nitrogens with zero attached hydrogens (tertiary/aromatic N) is 3. The summed E-state index contributed by atoms with van der Waals surface area (Å²) in [5.74, 6) is -1.83. The van der Waals surface area contributed by atoms with Crippen molar-refractivity contribution in [2.45, 2.75) is 25.9 Å². The first kappa shape index (κ1) is 19.6. The molecule has 1 fully saturated rings. The summed E-state index contributed by atoms with van der Waals surface area (Å²) in [6.45, 7) is 2.98. The van der Waals surface area contributed by atoms with Gasteiger partial charge in [0.1, 0.15) is 18.9 Å². The predicted molar refractivity (Wildman–Crippen MR) is 108 cm³/mol. The minimum absolute atomic E-state index is 0.228. The molecule has 2 aromatic carbocycles. The summed E-state index contributed by atoms with van der Waals surface area (Å²) in [5, 5.41) is 0. The Morgan fingerprint density at radius 2 is 1.67 bits per heavy atom. The van der Waals surface area contributed by atoms with E-state index in [9.17, 15) is 19.2 Å². The normalized spacial score (nSPS) is 18.7. The highest BCUT2D eigenvalue weighted by Gasteiger charge is 2.47. The van der Waals surface area contributed by atoms with E-state index in [-0.39, 0.29) is 6.61 Å². The lowest BCUT2D eigenvalue weighted by atomic mass is 10.0. The van der Waals surface area contributed by atoms with E-state index in [1.165, 1.54) is 4.90 Å². The molecule has 1 atom stereocenters. The van der Waals surface area contributed by atoms with Crippen molar-refractivity contribution < 1.29 is 23.9 Å². The molecule has 0 bridgehead atoms. The second-order valence-corrected chi connectivity index (χ2v) is 7.41. The van der Waals surface area contributed by atoms with Crippen LogP contribution >= 0.6 is 0 Å². The number of para-hydroxylation sites is 2. The molecular formula is C22H21N3O5. The van der Waals surface area contributed by atoms with Crippen LogP contribution in [0.25, 0.3) is 0 Å². The molecule has 0 unspecified atom stereocenters. The zero-order chi connectivity index (χ0) is 21.4. The van der Waals surface area contributed by atoms with Crippen molar-refractivity contribution >= 4 is 29.4 Å². The van der Waals surface area contributed by atoms with E-state index in [0.29, 0.717) is 16.3 Å². The first-order chi connectivity index (χ1) is 14.4. The van der Waals surface area contributed by atoms with Gasteiger partial charge in [0.25, 0.3) is 0 Å². The second-order valence-electron chi connectivity index (χ2n) is 7.41. The number of urea groups is 1. The van der Waals surface area contributed by atoms with Crippen molar-refractivity contribution in [3.05, 3.63) is 60.2 Å². The summed E-state index contributed by atoms with van der Waals surface area (Å²) >= 11 is 0. The van der Waals surface area contributed by atoms with Gasteiger partial charge in [0, 0.05) is 6.04 Å². The summed E-state index contributed by atoms with van der Waals surface area (Å²) in [7, 11) is 0. The van der Waals surface area contributed by atoms with Crippen LogP contribution in [-0.4, -0.2) is 52.7 Å². The SMILES string of the molecule is CC(C)N1C(=O)C(=O)N(CC(=O)N2c3ccccc3OC[C@H]2c2ccccc2)C1=O. The molecule has 0 radical (unpaired) electrons. The van der Waals surface area contributed by atoms with Gasteiger partial charge >= 0.3 is 17.8 Å². The van der Waals surface area contributed by atoms with Crippen LogP contribution < -0.4 is 9.64 Å². The van der Waals surface area contributed by atoms with Crippen LogP contribution in [0, 0.1) is 0 Å². The van der Waals surface area contributed by atoms with Crippen LogP contribution in [0.4, 0.5) is 10.5 Å². The number of ether oxygens (including phenoxy) is 1. The number of fused-ring (bicyclic) bond motifs is 1. The van der Waals surface area contributed by atoms with Crippen LogP contribution in [0.2, 0.25) is 0 Å². The third-order valence-electron chi connectivity index (χ3n) is 5.18. The van der Waals surface area contributed by atoms with Crippen molar-refractivity contribution in [3.8, 4) is 5.75 Å². The van der Waals surface area contributed by atoms with Crippen molar-refractivity contribution in [2.24, 2.45) is 0 Å². The van der Waals surface area contributed by atoms with Crippen LogP contribution in [0.1, 0.15) is 25.5 Å². The summed E-state index contributed by atoms with van der Waals surface area (Å²) in [6, 6.07) is 14.8. The van der Waals surface area contributed by atoms with Crippen LogP contribution in [0.3, 0.4) is 0 Å². The predicted octanol–water partition coefficient (Wildman–Crippen LogP) is 2.35. The van der Waals surface area contributed by atoms with E-state index < -0.39 is 42.4 Å². The minimum Gasteiger partial charge on any atom is -0.489 e. The molecule has 5 amide bonds. The van der Waals surface area contributed by atoms with E-state index in [4.69, 9.17) is 4.74 Å². The zero-order valence-electron chi connectivity index (χ0n) is 16.6. The van der Waals surface area contributed by atoms with Crippen LogP contribution in [0.5, 0.6) is 5.75 Å². The molecule has 2 heterocycles. The molecule has 0 aromatic heterocycles. The lowest BCUT2D eigenvalue weighted by Gasteiger charge is -2.37. The van der Waals surface area contributed by atoms with Gasteiger partial charge in [-0.05, 0) is 31.5 Å². The maximum atomic E-state index is 13.4.